The van der Waals surface area contributed by atoms with Gasteiger partial charge < -0.3 is 5.73 Å². The number of halogens is 4. The predicted octanol–water partition coefficient (Wildman–Crippen LogP) is 2.95. The van der Waals surface area contributed by atoms with Gasteiger partial charge in [0.2, 0.25) is 0 Å². The molecule has 9 heteroatoms. The van der Waals surface area contributed by atoms with Crippen LogP contribution in [0.5, 0.6) is 0 Å². The second kappa shape index (κ2) is 5.14. The lowest BCUT2D eigenvalue weighted by atomic mass is 10.2. The van der Waals surface area contributed by atoms with Gasteiger partial charge in [-0.3, -0.25) is 5.41 Å². The number of nitrogens with zero attached hydrogens (tertiary/aromatic N) is 3. The number of rotatable bonds is 2. The topological polar surface area (TPSA) is 80.6 Å². The lowest BCUT2D eigenvalue weighted by Crippen LogP contribution is -2.19. The molecule has 0 fully saturated rings. The van der Waals surface area contributed by atoms with E-state index >= 15 is 0 Å². The van der Waals surface area contributed by atoms with E-state index in [0.29, 0.717) is 15.9 Å². The summed E-state index contributed by atoms with van der Waals surface area (Å²) in [6, 6.07) is 1.92. The summed E-state index contributed by atoms with van der Waals surface area (Å²) in [5.74, 6) is -0.501. The second-order valence-electron chi connectivity index (χ2n) is 4.38. The van der Waals surface area contributed by atoms with E-state index in [4.69, 9.17) is 11.1 Å². The van der Waals surface area contributed by atoms with E-state index in [1.165, 1.54) is 4.68 Å². The summed E-state index contributed by atoms with van der Waals surface area (Å²) in [7, 11) is 0. The number of nitrogen functional groups attached to an aromatic ring is 1. The zero-order valence-corrected chi connectivity index (χ0v) is 12.7. The zero-order chi connectivity index (χ0) is 15.9. The summed E-state index contributed by atoms with van der Waals surface area (Å²) >= 11 is 3.30. The highest BCUT2D eigenvalue weighted by atomic mass is 79.9. The van der Waals surface area contributed by atoms with E-state index in [1.807, 2.05) is 0 Å². The van der Waals surface area contributed by atoms with E-state index in [-0.39, 0.29) is 17.2 Å². The van der Waals surface area contributed by atoms with Crippen LogP contribution in [0, 0.1) is 19.3 Å². The minimum absolute atomic E-state index is 0.0844. The van der Waals surface area contributed by atoms with E-state index in [1.54, 1.807) is 13.8 Å². The standard InChI is InChI=1S/C12H11BrF3N5/c1-5-9(13)6(2)21(20-5)11-7(10(17)18)3-4-8(19-11)12(14,15)16/h3-4H,1-2H3,(H3,17,18). The maximum Gasteiger partial charge on any atom is 0.433 e. The van der Waals surface area contributed by atoms with Crippen LogP contribution in [0.1, 0.15) is 22.6 Å². The van der Waals surface area contributed by atoms with Crippen molar-refractivity contribution in [3.8, 4) is 5.82 Å². The number of nitrogens with two attached hydrogens (primary N) is 1. The van der Waals surface area contributed by atoms with E-state index in [9.17, 15) is 13.2 Å². The molecule has 0 unspecified atom stereocenters. The third-order valence-corrected chi connectivity index (χ3v) is 4.01. The third-order valence-electron chi connectivity index (χ3n) is 2.86. The van der Waals surface area contributed by atoms with Gasteiger partial charge in [-0.05, 0) is 41.9 Å². The third kappa shape index (κ3) is 2.78. The van der Waals surface area contributed by atoms with Gasteiger partial charge in [0.25, 0.3) is 0 Å². The lowest BCUT2D eigenvalue weighted by Gasteiger charge is -2.12. The summed E-state index contributed by atoms with van der Waals surface area (Å²) in [6.45, 7) is 3.38. The molecule has 2 rings (SSSR count). The van der Waals surface area contributed by atoms with Crippen molar-refractivity contribution >= 4 is 21.8 Å². The first-order chi connectivity index (χ1) is 9.62. The molecule has 2 aromatic rings. The number of aromatic nitrogens is 3. The summed E-state index contributed by atoms with van der Waals surface area (Å²) in [5, 5.41) is 11.6. The van der Waals surface area contributed by atoms with Crippen molar-refractivity contribution < 1.29 is 13.2 Å². The Hall–Kier alpha value is -1.90. The number of hydrogen-bond donors (Lipinski definition) is 2. The molecule has 0 aliphatic carbocycles. The molecule has 112 valence electrons. The molecule has 3 N–H and O–H groups in total. The van der Waals surface area contributed by atoms with Gasteiger partial charge in [-0.1, -0.05) is 0 Å². The van der Waals surface area contributed by atoms with Gasteiger partial charge in [0.1, 0.15) is 11.5 Å². The molecule has 0 aliphatic rings. The zero-order valence-electron chi connectivity index (χ0n) is 11.1. The summed E-state index contributed by atoms with van der Waals surface area (Å²) in [5.41, 5.74) is 5.61. The van der Waals surface area contributed by atoms with Crippen molar-refractivity contribution in [3.05, 3.63) is 39.3 Å². The molecule has 2 aromatic heterocycles. The molecule has 0 aromatic carbocycles. The van der Waals surface area contributed by atoms with Gasteiger partial charge in [0.15, 0.2) is 5.82 Å². The van der Waals surface area contributed by atoms with Crippen LogP contribution in [-0.2, 0) is 6.18 Å². The van der Waals surface area contributed by atoms with Crippen LogP contribution in [0.4, 0.5) is 13.2 Å². The van der Waals surface area contributed by atoms with Gasteiger partial charge in [-0.25, -0.2) is 9.67 Å². The normalized spacial score (nSPS) is 11.7. The fourth-order valence-corrected chi connectivity index (χ4v) is 2.06. The van der Waals surface area contributed by atoms with Gasteiger partial charge in [-0.2, -0.15) is 18.3 Å². The minimum atomic E-state index is -4.59. The molecule has 2 heterocycles. The van der Waals surface area contributed by atoms with Crippen LogP contribution in [0.15, 0.2) is 16.6 Å². The van der Waals surface area contributed by atoms with Crippen molar-refractivity contribution in [1.29, 1.82) is 5.41 Å². The lowest BCUT2D eigenvalue weighted by molar-refractivity contribution is -0.141. The number of hydrogen-bond acceptors (Lipinski definition) is 3. The average molecular weight is 362 g/mol. The van der Waals surface area contributed by atoms with E-state index < -0.39 is 11.9 Å². The molecule has 0 saturated carbocycles. The second-order valence-corrected chi connectivity index (χ2v) is 5.17. The Morgan fingerprint density at radius 2 is 1.95 bits per heavy atom. The highest BCUT2D eigenvalue weighted by Crippen LogP contribution is 2.30. The van der Waals surface area contributed by atoms with Gasteiger partial charge >= 0.3 is 6.18 Å². The number of alkyl halides is 3. The molecular weight excluding hydrogens is 351 g/mol. The largest absolute Gasteiger partial charge is 0.433 e. The Morgan fingerprint density at radius 3 is 2.38 bits per heavy atom. The Morgan fingerprint density at radius 1 is 1.33 bits per heavy atom. The first-order valence-electron chi connectivity index (χ1n) is 5.77. The van der Waals surface area contributed by atoms with E-state index in [0.717, 1.165) is 12.1 Å². The molecule has 5 nitrogen and oxygen atoms in total. The maximum absolute atomic E-state index is 12.8. The van der Waals surface area contributed by atoms with Crippen LogP contribution in [-0.4, -0.2) is 20.6 Å². The fraction of sp³-hybridized carbons (Fsp3) is 0.250. The Kier molecular flexibility index (Phi) is 3.79. The van der Waals surface area contributed by atoms with Crippen LogP contribution in [0.3, 0.4) is 0 Å². The molecule has 0 atom stereocenters. The number of pyridine rings is 1. The summed E-state index contributed by atoms with van der Waals surface area (Å²) in [6.07, 6.45) is -4.59. The van der Waals surface area contributed by atoms with Crippen molar-refractivity contribution in [3.63, 3.8) is 0 Å². The van der Waals surface area contributed by atoms with Gasteiger partial charge in [0.05, 0.1) is 21.4 Å². The number of aryl methyl sites for hydroxylation is 1. The fourth-order valence-electron chi connectivity index (χ4n) is 1.81. The maximum atomic E-state index is 12.8. The van der Waals surface area contributed by atoms with Crippen LogP contribution < -0.4 is 5.73 Å². The molecule has 0 bridgehead atoms. The monoisotopic (exact) mass is 361 g/mol. The first kappa shape index (κ1) is 15.5. The molecule has 0 saturated heterocycles. The quantitative estimate of drug-likeness (QED) is 0.637. The van der Waals surface area contributed by atoms with E-state index in [2.05, 4.69) is 26.0 Å². The Labute approximate surface area is 126 Å². The average Bonchev–Trinajstić information content (AvgIpc) is 2.64. The van der Waals surface area contributed by atoms with Crippen molar-refractivity contribution in [1.82, 2.24) is 14.8 Å². The van der Waals surface area contributed by atoms with Crippen molar-refractivity contribution in [2.24, 2.45) is 5.73 Å². The van der Waals surface area contributed by atoms with Gasteiger partial charge in [0, 0.05) is 0 Å². The predicted molar refractivity (Wildman–Crippen MR) is 74.6 cm³/mol. The van der Waals surface area contributed by atoms with Crippen LogP contribution >= 0.6 is 15.9 Å². The van der Waals surface area contributed by atoms with Crippen molar-refractivity contribution in [2.45, 2.75) is 20.0 Å². The highest BCUT2D eigenvalue weighted by molar-refractivity contribution is 9.10. The molecule has 21 heavy (non-hydrogen) atoms. The SMILES string of the molecule is Cc1nn(-c2nc(C(F)(F)F)ccc2C(=N)N)c(C)c1Br. The molecule has 0 aliphatic heterocycles. The van der Waals surface area contributed by atoms with Gasteiger partial charge in [-0.15, -0.1) is 0 Å². The minimum Gasteiger partial charge on any atom is -0.384 e. The number of amidine groups is 1. The summed E-state index contributed by atoms with van der Waals surface area (Å²) in [4.78, 5) is 3.58. The molecule has 0 amide bonds. The first-order valence-corrected chi connectivity index (χ1v) is 6.57. The smallest absolute Gasteiger partial charge is 0.384 e. The Balaban J connectivity index is 2.75. The number of nitrogens with one attached hydrogen (secondary N) is 1. The molecule has 0 spiro atoms. The molecule has 0 radical (unpaired) electrons. The van der Waals surface area contributed by atoms with Crippen molar-refractivity contribution in [2.75, 3.05) is 0 Å². The Bertz CT molecular complexity index is 720. The van der Waals surface area contributed by atoms with Crippen LogP contribution in [0.25, 0.3) is 5.82 Å². The molecular formula is C12H11BrF3N5. The summed E-state index contributed by atoms with van der Waals surface area (Å²) < 4.78 is 40.3. The highest BCUT2D eigenvalue weighted by Gasteiger charge is 2.33. The van der Waals surface area contributed by atoms with Crippen LogP contribution in [0.2, 0.25) is 0 Å².